The second-order valence-corrected chi connectivity index (χ2v) is 6.30. The number of carbonyl (C=O) groups is 2. The number of esters is 1. The molecular formula is C11H18N2O3S2. The van der Waals surface area contributed by atoms with Gasteiger partial charge >= 0.3 is 12.0 Å². The third-order valence-corrected chi connectivity index (χ3v) is 4.72. The smallest absolute Gasteiger partial charge is 0.333 e. The molecule has 1 rings (SSSR count). The van der Waals surface area contributed by atoms with Crippen molar-refractivity contribution in [1.82, 2.24) is 10.6 Å². The normalized spacial score (nSPS) is 15.8. The lowest BCUT2D eigenvalue weighted by atomic mass is 10.4. The van der Waals surface area contributed by atoms with Crippen LogP contribution in [-0.4, -0.2) is 47.8 Å². The highest BCUT2D eigenvalue weighted by Gasteiger charge is 2.15. The first kappa shape index (κ1) is 15.2. The first-order chi connectivity index (χ1) is 8.59. The van der Waals surface area contributed by atoms with Crippen molar-refractivity contribution in [3.63, 3.8) is 0 Å². The lowest BCUT2D eigenvalue weighted by Gasteiger charge is -2.22. The van der Waals surface area contributed by atoms with Gasteiger partial charge in [-0.15, -0.1) is 23.5 Å². The molecule has 0 aromatic rings. The molecule has 2 N–H and O–H groups in total. The molecule has 0 bridgehead atoms. The molecule has 1 fully saturated rings. The highest BCUT2D eigenvalue weighted by Crippen LogP contribution is 2.20. The molecular weight excluding hydrogens is 272 g/mol. The van der Waals surface area contributed by atoms with Crippen molar-refractivity contribution in [3.05, 3.63) is 12.2 Å². The van der Waals surface area contributed by atoms with E-state index in [1.54, 1.807) is 6.92 Å². The molecule has 1 saturated heterocycles. The Hall–Kier alpha value is -0.820. The molecule has 18 heavy (non-hydrogen) atoms. The molecule has 2 amide bonds. The lowest BCUT2D eigenvalue weighted by Crippen LogP contribution is -2.46. The molecule has 0 atom stereocenters. The van der Waals surface area contributed by atoms with Gasteiger partial charge in [-0.05, 0) is 6.92 Å². The Labute approximate surface area is 115 Å². The minimum absolute atomic E-state index is 0.160. The lowest BCUT2D eigenvalue weighted by molar-refractivity contribution is -0.138. The minimum Gasteiger partial charge on any atom is -0.460 e. The van der Waals surface area contributed by atoms with Crippen LogP contribution in [0.4, 0.5) is 4.79 Å². The Balaban J connectivity index is 2.06. The molecule has 5 nitrogen and oxygen atoms in total. The molecule has 0 saturated carbocycles. The fourth-order valence-electron chi connectivity index (χ4n) is 1.24. The predicted molar refractivity (Wildman–Crippen MR) is 75.9 cm³/mol. The van der Waals surface area contributed by atoms with E-state index in [0.717, 1.165) is 16.6 Å². The summed E-state index contributed by atoms with van der Waals surface area (Å²) in [6, 6.07) is 0.00111. The van der Waals surface area contributed by atoms with Gasteiger partial charge in [-0.3, -0.25) is 0 Å². The first-order valence-corrected chi connectivity index (χ1v) is 7.93. The van der Waals surface area contributed by atoms with Gasteiger partial charge in [-0.2, -0.15) is 0 Å². The van der Waals surface area contributed by atoms with Gasteiger partial charge in [0.25, 0.3) is 0 Å². The number of amides is 2. The zero-order chi connectivity index (χ0) is 13.4. The summed E-state index contributed by atoms with van der Waals surface area (Å²) >= 11 is 3.64. The molecule has 0 aromatic carbocycles. The van der Waals surface area contributed by atoms with Crippen molar-refractivity contribution in [1.29, 1.82) is 0 Å². The van der Waals surface area contributed by atoms with Gasteiger partial charge in [0.2, 0.25) is 0 Å². The van der Waals surface area contributed by atoms with Crippen LogP contribution in [0.5, 0.6) is 0 Å². The summed E-state index contributed by atoms with van der Waals surface area (Å²) < 4.78 is 4.85. The number of thioether (sulfide) groups is 2. The maximum absolute atomic E-state index is 11.5. The van der Waals surface area contributed by atoms with Gasteiger partial charge in [0.15, 0.2) is 0 Å². The van der Waals surface area contributed by atoms with Crippen molar-refractivity contribution >= 4 is 35.5 Å². The number of rotatable bonds is 5. The number of carbonyl (C=O) groups excluding carboxylic acids is 2. The highest BCUT2D eigenvalue weighted by atomic mass is 32.2. The Bertz CT molecular complexity index is 317. The standard InChI is InChI=1S/C11H18N2O3S2/c1-8(2)10(14)16-4-3-12-11(15)13-9-5-17-7-18-6-9/h9H,1,3-7H2,2H3,(H2,12,13,15). The van der Waals surface area contributed by atoms with Crippen LogP contribution in [-0.2, 0) is 9.53 Å². The largest absolute Gasteiger partial charge is 0.460 e. The van der Waals surface area contributed by atoms with Crippen LogP contribution in [0.15, 0.2) is 12.2 Å². The van der Waals surface area contributed by atoms with E-state index in [9.17, 15) is 9.59 Å². The average molecular weight is 290 g/mol. The Morgan fingerprint density at radius 1 is 1.39 bits per heavy atom. The topological polar surface area (TPSA) is 67.4 Å². The number of hydrogen-bond donors (Lipinski definition) is 2. The van der Waals surface area contributed by atoms with Crippen LogP contribution in [0.1, 0.15) is 6.92 Å². The van der Waals surface area contributed by atoms with Crippen molar-refractivity contribution < 1.29 is 14.3 Å². The molecule has 0 spiro atoms. The summed E-state index contributed by atoms with van der Waals surface area (Å²) in [7, 11) is 0. The van der Waals surface area contributed by atoms with Crippen molar-refractivity contribution in [2.45, 2.75) is 13.0 Å². The molecule has 0 aromatic heterocycles. The quantitative estimate of drug-likeness (QED) is 0.452. The maximum atomic E-state index is 11.5. The third-order valence-electron chi connectivity index (χ3n) is 2.11. The zero-order valence-corrected chi connectivity index (χ0v) is 12.0. The van der Waals surface area contributed by atoms with E-state index in [1.165, 1.54) is 0 Å². The summed E-state index contributed by atoms with van der Waals surface area (Å²) in [4.78, 5) is 22.5. The summed E-state index contributed by atoms with van der Waals surface area (Å²) in [6.07, 6.45) is 0. The van der Waals surface area contributed by atoms with E-state index in [0.29, 0.717) is 12.1 Å². The number of urea groups is 1. The van der Waals surface area contributed by atoms with Crippen molar-refractivity contribution in [3.8, 4) is 0 Å². The summed E-state index contributed by atoms with van der Waals surface area (Å²) in [5.41, 5.74) is 0.357. The molecule has 7 heteroatoms. The summed E-state index contributed by atoms with van der Waals surface area (Å²) in [5.74, 6) is 1.47. The first-order valence-electron chi connectivity index (χ1n) is 5.62. The number of hydrogen-bond acceptors (Lipinski definition) is 5. The monoisotopic (exact) mass is 290 g/mol. The predicted octanol–water partition coefficient (Wildman–Crippen LogP) is 1.21. The SMILES string of the molecule is C=C(C)C(=O)OCCNC(=O)NC1CSCSC1. The van der Waals surface area contributed by atoms with Gasteiger partial charge in [-0.25, -0.2) is 9.59 Å². The molecule has 1 aliphatic heterocycles. The Kier molecular flexibility index (Phi) is 7.04. The molecule has 102 valence electrons. The summed E-state index contributed by atoms with van der Waals surface area (Å²) in [6.45, 7) is 5.52. The second-order valence-electron chi connectivity index (χ2n) is 3.87. The fourth-order valence-corrected chi connectivity index (χ4v) is 3.60. The Morgan fingerprint density at radius 2 is 2.06 bits per heavy atom. The van der Waals surface area contributed by atoms with E-state index in [-0.39, 0.29) is 18.7 Å². The van der Waals surface area contributed by atoms with Crippen LogP contribution in [0.3, 0.4) is 0 Å². The summed E-state index contributed by atoms with van der Waals surface area (Å²) in [5, 5.41) is 6.62. The Morgan fingerprint density at radius 3 is 2.67 bits per heavy atom. The van der Waals surface area contributed by atoms with E-state index in [4.69, 9.17) is 4.74 Å². The van der Waals surface area contributed by atoms with Crippen LogP contribution < -0.4 is 10.6 Å². The van der Waals surface area contributed by atoms with Crippen LogP contribution in [0.25, 0.3) is 0 Å². The maximum Gasteiger partial charge on any atom is 0.333 e. The van der Waals surface area contributed by atoms with Crippen LogP contribution in [0, 0.1) is 0 Å². The van der Waals surface area contributed by atoms with E-state index in [1.807, 2.05) is 23.5 Å². The second kappa shape index (κ2) is 8.31. The zero-order valence-electron chi connectivity index (χ0n) is 10.4. The minimum atomic E-state index is -0.433. The van der Waals surface area contributed by atoms with E-state index in [2.05, 4.69) is 17.2 Å². The van der Waals surface area contributed by atoms with Gasteiger partial charge in [0.05, 0.1) is 6.54 Å². The van der Waals surface area contributed by atoms with E-state index < -0.39 is 5.97 Å². The molecule has 0 radical (unpaired) electrons. The van der Waals surface area contributed by atoms with E-state index >= 15 is 0 Å². The number of ether oxygens (including phenoxy) is 1. The average Bonchev–Trinajstić information content (AvgIpc) is 2.35. The van der Waals surface area contributed by atoms with Gasteiger partial charge in [0.1, 0.15) is 6.61 Å². The molecule has 0 unspecified atom stereocenters. The van der Waals surface area contributed by atoms with Gasteiger partial charge in [-0.1, -0.05) is 6.58 Å². The fraction of sp³-hybridized carbons (Fsp3) is 0.636. The highest BCUT2D eigenvalue weighted by molar-refractivity contribution is 8.16. The van der Waals surface area contributed by atoms with Crippen molar-refractivity contribution in [2.75, 3.05) is 29.7 Å². The third kappa shape index (κ3) is 6.20. The molecule has 1 aliphatic rings. The van der Waals surface area contributed by atoms with Crippen LogP contribution >= 0.6 is 23.5 Å². The van der Waals surface area contributed by atoms with Crippen LogP contribution in [0.2, 0.25) is 0 Å². The molecule has 0 aliphatic carbocycles. The van der Waals surface area contributed by atoms with Crippen molar-refractivity contribution in [2.24, 2.45) is 0 Å². The van der Waals surface area contributed by atoms with Gasteiger partial charge < -0.3 is 15.4 Å². The molecule has 1 heterocycles. The van der Waals surface area contributed by atoms with Gasteiger partial charge in [0, 0.05) is 28.2 Å². The number of nitrogens with one attached hydrogen (secondary N) is 2.